The molecule has 0 aromatic heterocycles. The van der Waals surface area contributed by atoms with Crippen molar-refractivity contribution in [2.45, 2.75) is 25.9 Å². The Kier molecular flexibility index (Phi) is 3.01. The van der Waals surface area contributed by atoms with Crippen LogP contribution in [0.5, 0.6) is 5.75 Å². The number of nitrogens with zero attached hydrogens (tertiary/aromatic N) is 2. The molecule has 2 aliphatic rings. The van der Waals surface area contributed by atoms with Crippen molar-refractivity contribution in [3.8, 4) is 5.75 Å². The lowest BCUT2D eigenvalue weighted by atomic mass is 9.94. The average Bonchev–Trinajstić information content (AvgIpc) is 3.00. The highest BCUT2D eigenvalue weighted by molar-refractivity contribution is 6.01. The maximum absolute atomic E-state index is 9.93. The maximum Gasteiger partial charge on any atom is 0.143 e. The van der Waals surface area contributed by atoms with Gasteiger partial charge in [-0.15, -0.1) is 0 Å². The van der Waals surface area contributed by atoms with Gasteiger partial charge in [0.25, 0.3) is 0 Å². The molecule has 0 unspecified atom stereocenters. The number of hydroxylamine groups is 2. The van der Waals surface area contributed by atoms with Crippen molar-refractivity contribution in [1.29, 1.82) is 0 Å². The molecule has 110 valence electrons. The number of hydrogen-bond donors (Lipinski definition) is 1. The number of anilines is 1. The molecule has 2 aliphatic heterocycles. The molecule has 0 saturated carbocycles. The van der Waals surface area contributed by atoms with Crippen molar-refractivity contribution in [3.05, 3.63) is 35.4 Å². The van der Waals surface area contributed by atoms with Gasteiger partial charge in [-0.2, -0.15) is 5.06 Å². The summed E-state index contributed by atoms with van der Waals surface area (Å²) in [6.45, 7) is 3.35. The van der Waals surface area contributed by atoms with Gasteiger partial charge in [0.1, 0.15) is 5.75 Å². The van der Waals surface area contributed by atoms with Gasteiger partial charge in [0.05, 0.1) is 12.8 Å². The van der Waals surface area contributed by atoms with Crippen LogP contribution in [0.4, 0.5) is 5.69 Å². The Morgan fingerprint density at radius 3 is 2.62 bits per heavy atom. The van der Waals surface area contributed by atoms with Gasteiger partial charge in [0, 0.05) is 31.6 Å². The molecule has 0 aliphatic carbocycles. The van der Waals surface area contributed by atoms with Crippen LogP contribution in [0.2, 0.25) is 0 Å². The van der Waals surface area contributed by atoms with Gasteiger partial charge in [0.15, 0.2) is 0 Å². The highest BCUT2D eigenvalue weighted by Gasteiger charge is 2.25. The third-order valence-corrected chi connectivity index (χ3v) is 4.61. The van der Waals surface area contributed by atoms with E-state index in [1.54, 1.807) is 7.11 Å². The molecule has 0 atom stereocenters. The summed E-state index contributed by atoms with van der Waals surface area (Å²) in [6.07, 6.45) is 2.49. The van der Waals surface area contributed by atoms with Gasteiger partial charge in [-0.25, -0.2) is 0 Å². The molecule has 0 spiro atoms. The zero-order valence-electron chi connectivity index (χ0n) is 12.3. The molecule has 0 amide bonds. The van der Waals surface area contributed by atoms with Gasteiger partial charge < -0.3 is 14.8 Å². The predicted octanol–water partition coefficient (Wildman–Crippen LogP) is 3.15. The van der Waals surface area contributed by atoms with E-state index >= 15 is 0 Å². The molecule has 4 heteroatoms. The number of methoxy groups -OCH3 is 1. The fourth-order valence-corrected chi connectivity index (χ4v) is 3.74. The summed E-state index contributed by atoms with van der Waals surface area (Å²) >= 11 is 0. The highest BCUT2D eigenvalue weighted by Crippen LogP contribution is 2.43. The molecule has 2 aromatic carbocycles. The lowest BCUT2D eigenvalue weighted by Crippen LogP contribution is -2.24. The molecular formula is C17H20N2O2. The SMILES string of the molecule is COc1cc2c3c(cccc3c1N1CCCC1)CN(O)C2. The molecular weight excluding hydrogens is 264 g/mol. The van der Waals surface area contributed by atoms with E-state index in [0.29, 0.717) is 13.1 Å². The maximum atomic E-state index is 9.93. The first-order valence-corrected chi connectivity index (χ1v) is 7.58. The normalized spacial score (nSPS) is 18.5. The average molecular weight is 284 g/mol. The monoisotopic (exact) mass is 284 g/mol. The molecule has 1 saturated heterocycles. The summed E-state index contributed by atoms with van der Waals surface area (Å²) in [4.78, 5) is 2.44. The van der Waals surface area contributed by atoms with Crippen molar-refractivity contribution >= 4 is 16.5 Å². The first-order valence-electron chi connectivity index (χ1n) is 7.58. The van der Waals surface area contributed by atoms with Crippen LogP contribution in [0.25, 0.3) is 10.8 Å². The number of ether oxygens (including phenoxy) is 1. The Balaban J connectivity index is 2.01. The summed E-state index contributed by atoms with van der Waals surface area (Å²) in [6, 6.07) is 8.47. The Labute approximate surface area is 124 Å². The van der Waals surface area contributed by atoms with E-state index in [1.165, 1.54) is 39.9 Å². The molecule has 2 heterocycles. The quantitative estimate of drug-likeness (QED) is 0.919. The lowest BCUT2D eigenvalue weighted by Gasteiger charge is -2.29. The number of hydrogen-bond acceptors (Lipinski definition) is 4. The smallest absolute Gasteiger partial charge is 0.143 e. The van der Waals surface area contributed by atoms with Crippen LogP contribution in [-0.4, -0.2) is 30.5 Å². The van der Waals surface area contributed by atoms with Crippen LogP contribution in [0.15, 0.2) is 24.3 Å². The van der Waals surface area contributed by atoms with Crippen molar-refractivity contribution < 1.29 is 9.94 Å². The minimum Gasteiger partial charge on any atom is -0.495 e. The van der Waals surface area contributed by atoms with E-state index in [4.69, 9.17) is 4.74 Å². The predicted molar refractivity (Wildman–Crippen MR) is 83.0 cm³/mol. The van der Waals surface area contributed by atoms with Gasteiger partial charge in [-0.3, -0.25) is 0 Å². The van der Waals surface area contributed by atoms with E-state index in [-0.39, 0.29) is 0 Å². The largest absolute Gasteiger partial charge is 0.495 e. The molecule has 2 aromatic rings. The number of benzene rings is 2. The van der Waals surface area contributed by atoms with Crippen LogP contribution in [0.3, 0.4) is 0 Å². The molecule has 0 bridgehead atoms. The van der Waals surface area contributed by atoms with E-state index in [9.17, 15) is 5.21 Å². The number of rotatable bonds is 2. The fraction of sp³-hybridized carbons (Fsp3) is 0.412. The van der Waals surface area contributed by atoms with Gasteiger partial charge in [-0.05, 0) is 35.4 Å². The second-order valence-electron chi connectivity index (χ2n) is 5.94. The van der Waals surface area contributed by atoms with E-state index in [1.807, 2.05) is 0 Å². The van der Waals surface area contributed by atoms with Crippen LogP contribution < -0.4 is 9.64 Å². The Bertz CT molecular complexity index is 693. The second-order valence-corrected chi connectivity index (χ2v) is 5.94. The van der Waals surface area contributed by atoms with Crippen LogP contribution in [-0.2, 0) is 13.1 Å². The molecule has 1 N–H and O–H groups in total. The summed E-state index contributed by atoms with van der Waals surface area (Å²) in [7, 11) is 1.73. The van der Waals surface area contributed by atoms with Crippen molar-refractivity contribution in [1.82, 2.24) is 5.06 Å². The zero-order chi connectivity index (χ0) is 14.4. The van der Waals surface area contributed by atoms with Crippen molar-refractivity contribution in [3.63, 3.8) is 0 Å². The van der Waals surface area contributed by atoms with Gasteiger partial charge in [-0.1, -0.05) is 18.2 Å². The molecule has 0 radical (unpaired) electrons. The topological polar surface area (TPSA) is 35.9 Å². The highest BCUT2D eigenvalue weighted by atomic mass is 16.5. The van der Waals surface area contributed by atoms with Gasteiger partial charge in [0.2, 0.25) is 0 Å². The van der Waals surface area contributed by atoms with Crippen LogP contribution >= 0.6 is 0 Å². The first kappa shape index (κ1) is 12.9. The lowest BCUT2D eigenvalue weighted by molar-refractivity contribution is -0.109. The van der Waals surface area contributed by atoms with Crippen LogP contribution in [0.1, 0.15) is 24.0 Å². The van der Waals surface area contributed by atoms with Crippen LogP contribution in [0, 0.1) is 0 Å². The Hall–Kier alpha value is -1.78. The van der Waals surface area contributed by atoms with E-state index < -0.39 is 0 Å². The third kappa shape index (κ3) is 1.98. The minimum atomic E-state index is 0.560. The summed E-state index contributed by atoms with van der Waals surface area (Å²) < 4.78 is 5.67. The first-order chi connectivity index (χ1) is 10.3. The standard InChI is InChI=1S/C17H20N2O2/c1-21-15-9-13-11-19(20)10-12-5-4-6-14(16(12)13)17(15)18-7-2-3-8-18/h4-6,9,20H,2-3,7-8,10-11H2,1H3. The Morgan fingerprint density at radius 2 is 1.86 bits per heavy atom. The molecule has 4 nitrogen and oxygen atoms in total. The summed E-state index contributed by atoms with van der Waals surface area (Å²) in [5.74, 6) is 0.923. The van der Waals surface area contributed by atoms with Crippen molar-refractivity contribution in [2.75, 3.05) is 25.1 Å². The van der Waals surface area contributed by atoms with E-state index in [0.717, 1.165) is 24.4 Å². The van der Waals surface area contributed by atoms with Gasteiger partial charge >= 0.3 is 0 Å². The summed E-state index contributed by atoms with van der Waals surface area (Å²) in [5.41, 5.74) is 3.57. The second kappa shape index (κ2) is 4.90. The molecule has 21 heavy (non-hydrogen) atoms. The summed E-state index contributed by atoms with van der Waals surface area (Å²) in [5, 5.41) is 13.9. The third-order valence-electron chi connectivity index (χ3n) is 4.61. The minimum absolute atomic E-state index is 0.560. The van der Waals surface area contributed by atoms with E-state index in [2.05, 4.69) is 29.2 Å². The van der Waals surface area contributed by atoms with Crippen molar-refractivity contribution in [2.24, 2.45) is 0 Å². The fourth-order valence-electron chi connectivity index (χ4n) is 3.74. The molecule has 4 rings (SSSR count). The zero-order valence-corrected chi connectivity index (χ0v) is 12.3. The Morgan fingerprint density at radius 1 is 1.10 bits per heavy atom. The molecule has 1 fully saturated rings.